The zero-order valence-corrected chi connectivity index (χ0v) is 11.2. The maximum atomic E-state index is 4.36. The van der Waals surface area contributed by atoms with Crippen molar-refractivity contribution >= 4 is 0 Å². The third-order valence-electron chi connectivity index (χ3n) is 3.41. The molecule has 1 aromatic rings. The van der Waals surface area contributed by atoms with Gasteiger partial charge in [0, 0.05) is 24.3 Å². The molecule has 3 heteroatoms. The van der Waals surface area contributed by atoms with E-state index in [-0.39, 0.29) is 5.41 Å². The Morgan fingerprint density at radius 3 is 2.50 bits per heavy atom. The van der Waals surface area contributed by atoms with E-state index < -0.39 is 0 Å². The average molecular weight is 223 g/mol. The van der Waals surface area contributed by atoms with Gasteiger partial charge in [0.25, 0.3) is 0 Å². The number of aryl methyl sites for hydroxylation is 1. The van der Waals surface area contributed by atoms with Gasteiger partial charge in [-0.15, -0.1) is 0 Å². The highest BCUT2D eigenvalue weighted by atomic mass is 15.3. The summed E-state index contributed by atoms with van der Waals surface area (Å²) in [6.45, 7) is 13.1. The first-order valence-electron chi connectivity index (χ1n) is 6.30. The number of nitrogens with zero attached hydrogens (tertiary/aromatic N) is 2. The molecule has 1 heterocycles. The lowest BCUT2D eigenvalue weighted by Gasteiger charge is -2.33. The lowest BCUT2D eigenvalue weighted by molar-refractivity contribution is 0.237. The lowest BCUT2D eigenvalue weighted by Crippen LogP contribution is -2.33. The fraction of sp³-hybridized carbons (Fsp3) is 0.769. The van der Waals surface area contributed by atoms with Gasteiger partial charge in [0.1, 0.15) is 0 Å². The summed E-state index contributed by atoms with van der Waals surface area (Å²) in [5.74, 6) is 0. The summed E-state index contributed by atoms with van der Waals surface area (Å²) in [7, 11) is 0. The first-order valence-corrected chi connectivity index (χ1v) is 6.30. The third kappa shape index (κ3) is 2.85. The van der Waals surface area contributed by atoms with Crippen LogP contribution in [0.5, 0.6) is 0 Å². The molecule has 1 N–H and O–H groups in total. The van der Waals surface area contributed by atoms with Gasteiger partial charge in [-0.05, 0) is 25.3 Å². The molecule has 0 aliphatic rings. The SMILES string of the molecule is CCNC(c1cnn(CC)c1)C(C)(C)CC. The molecule has 1 atom stereocenters. The van der Waals surface area contributed by atoms with Crippen LogP contribution in [0.3, 0.4) is 0 Å². The van der Waals surface area contributed by atoms with E-state index in [9.17, 15) is 0 Å². The summed E-state index contributed by atoms with van der Waals surface area (Å²) in [5, 5.41) is 7.94. The van der Waals surface area contributed by atoms with Gasteiger partial charge in [0.15, 0.2) is 0 Å². The van der Waals surface area contributed by atoms with Gasteiger partial charge in [0.2, 0.25) is 0 Å². The molecule has 1 unspecified atom stereocenters. The molecular formula is C13H25N3. The summed E-state index contributed by atoms with van der Waals surface area (Å²) in [6, 6.07) is 0.391. The smallest absolute Gasteiger partial charge is 0.0537 e. The van der Waals surface area contributed by atoms with Gasteiger partial charge in [-0.2, -0.15) is 5.10 Å². The second-order valence-electron chi connectivity index (χ2n) is 4.96. The number of nitrogens with one attached hydrogen (secondary N) is 1. The predicted octanol–water partition coefficient (Wildman–Crippen LogP) is 2.99. The van der Waals surface area contributed by atoms with E-state index in [1.165, 1.54) is 5.56 Å². The molecule has 0 saturated heterocycles. The van der Waals surface area contributed by atoms with Gasteiger partial charge in [-0.1, -0.05) is 27.7 Å². The zero-order valence-electron chi connectivity index (χ0n) is 11.2. The van der Waals surface area contributed by atoms with Gasteiger partial charge < -0.3 is 5.32 Å². The van der Waals surface area contributed by atoms with Crippen molar-refractivity contribution in [3.63, 3.8) is 0 Å². The van der Waals surface area contributed by atoms with Crippen molar-refractivity contribution in [2.24, 2.45) is 5.41 Å². The third-order valence-corrected chi connectivity index (χ3v) is 3.41. The van der Waals surface area contributed by atoms with Crippen molar-refractivity contribution in [3.05, 3.63) is 18.0 Å². The van der Waals surface area contributed by atoms with Gasteiger partial charge >= 0.3 is 0 Å². The van der Waals surface area contributed by atoms with E-state index in [1.54, 1.807) is 0 Å². The summed E-state index contributed by atoms with van der Waals surface area (Å²) in [4.78, 5) is 0. The number of hydrogen-bond donors (Lipinski definition) is 1. The fourth-order valence-corrected chi connectivity index (χ4v) is 1.96. The summed E-state index contributed by atoms with van der Waals surface area (Å²) in [6.07, 6.45) is 5.31. The average Bonchev–Trinajstić information content (AvgIpc) is 2.73. The molecule has 1 rings (SSSR count). The van der Waals surface area contributed by atoms with Crippen LogP contribution in [0, 0.1) is 5.41 Å². The monoisotopic (exact) mass is 223 g/mol. The second kappa shape index (κ2) is 5.48. The van der Waals surface area contributed by atoms with Crippen LogP contribution in [0.25, 0.3) is 0 Å². The van der Waals surface area contributed by atoms with Crippen LogP contribution in [0.15, 0.2) is 12.4 Å². The zero-order chi connectivity index (χ0) is 12.2. The van der Waals surface area contributed by atoms with E-state index in [2.05, 4.69) is 51.2 Å². The molecule has 0 spiro atoms. The first kappa shape index (κ1) is 13.2. The largest absolute Gasteiger partial charge is 0.310 e. The number of rotatable bonds is 6. The van der Waals surface area contributed by atoms with Crippen molar-refractivity contribution in [2.75, 3.05) is 6.54 Å². The normalized spacial score (nSPS) is 14.1. The Hall–Kier alpha value is -0.830. The van der Waals surface area contributed by atoms with Crippen molar-refractivity contribution in [1.82, 2.24) is 15.1 Å². The molecule has 0 bridgehead atoms. The Balaban J connectivity index is 2.92. The highest BCUT2D eigenvalue weighted by molar-refractivity contribution is 5.13. The van der Waals surface area contributed by atoms with E-state index >= 15 is 0 Å². The summed E-state index contributed by atoms with van der Waals surface area (Å²) in [5.41, 5.74) is 1.56. The molecule has 0 aromatic carbocycles. The van der Waals surface area contributed by atoms with E-state index in [0.29, 0.717) is 6.04 Å². The maximum absolute atomic E-state index is 4.36. The molecule has 1 aromatic heterocycles. The minimum atomic E-state index is 0.262. The predicted molar refractivity (Wildman–Crippen MR) is 68.4 cm³/mol. The van der Waals surface area contributed by atoms with E-state index in [4.69, 9.17) is 0 Å². The Morgan fingerprint density at radius 1 is 1.38 bits per heavy atom. The van der Waals surface area contributed by atoms with Crippen LogP contribution in [0.2, 0.25) is 0 Å². The minimum absolute atomic E-state index is 0.262. The molecular weight excluding hydrogens is 198 g/mol. The van der Waals surface area contributed by atoms with Gasteiger partial charge in [-0.25, -0.2) is 0 Å². The standard InChI is InChI=1S/C13H25N3/c1-6-13(4,5)12(14-7-2)11-9-15-16(8-3)10-11/h9-10,12,14H,6-8H2,1-5H3. The van der Waals surface area contributed by atoms with Crippen LogP contribution in [-0.4, -0.2) is 16.3 Å². The van der Waals surface area contributed by atoms with Crippen molar-refractivity contribution in [1.29, 1.82) is 0 Å². The lowest BCUT2D eigenvalue weighted by atomic mass is 9.79. The second-order valence-corrected chi connectivity index (χ2v) is 4.96. The number of aromatic nitrogens is 2. The molecule has 3 nitrogen and oxygen atoms in total. The molecule has 0 radical (unpaired) electrons. The summed E-state index contributed by atoms with van der Waals surface area (Å²) < 4.78 is 1.99. The van der Waals surface area contributed by atoms with Crippen LogP contribution < -0.4 is 5.32 Å². The molecule has 0 saturated carbocycles. The number of hydrogen-bond acceptors (Lipinski definition) is 2. The van der Waals surface area contributed by atoms with Crippen molar-refractivity contribution < 1.29 is 0 Å². The quantitative estimate of drug-likeness (QED) is 0.803. The Morgan fingerprint density at radius 2 is 2.06 bits per heavy atom. The maximum Gasteiger partial charge on any atom is 0.0537 e. The van der Waals surface area contributed by atoms with Crippen LogP contribution in [0.1, 0.15) is 52.6 Å². The first-order chi connectivity index (χ1) is 7.55. The molecule has 92 valence electrons. The Labute approximate surface area is 99.2 Å². The van der Waals surface area contributed by atoms with Crippen LogP contribution in [0.4, 0.5) is 0 Å². The Kier molecular flexibility index (Phi) is 4.54. The van der Waals surface area contributed by atoms with Gasteiger partial charge in [-0.3, -0.25) is 4.68 Å². The van der Waals surface area contributed by atoms with E-state index in [0.717, 1.165) is 19.5 Å². The van der Waals surface area contributed by atoms with Gasteiger partial charge in [0.05, 0.1) is 6.20 Å². The fourth-order valence-electron chi connectivity index (χ4n) is 1.96. The van der Waals surface area contributed by atoms with Crippen LogP contribution >= 0.6 is 0 Å². The van der Waals surface area contributed by atoms with Crippen LogP contribution in [-0.2, 0) is 6.54 Å². The molecule has 0 aliphatic carbocycles. The van der Waals surface area contributed by atoms with Crippen molar-refractivity contribution in [3.8, 4) is 0 Å². The molecule has 16 heavy (non-hydrogen) atoms. The van der Waals surface area contributed by atoms with Crippen molar-refractivity contribution in [2.45, 2.75) is 53.6 Å². The molecule has 0 fully saturated rings. The minimum Gasteiger partial charge on any atom is -0.310 e. The Bertz CT molecular complexity index is 315. The van der Waals surface area contributed by atoms with E-state index in [1.807, 2.05) is 10.9 Å². The topological polar surface area (TPSA) is 29.9 Å². The highest BCUT2D eigenvalue weighted by Crippen LogP contribution is 2.35. The molecule has 0 amide bonds. The highest BCUT2D eigenvalue weighted by Gasteiger charge is 2.29. The summed E-state index contributed by atoms with van der Waals surface area (Å²) >= 11 is 0. The molecule has 0 aliphatic heterocycles.